The van der Waals surface area contributed by atoms with Gasteiger partial charge < -0.3 is 5.73 Å². The number of hydrogen-bond acceptors (Lipinski definition) is 3. The molecule has 1 heterocycles. The number of nitrogens with two attached hydrogens (primary N) is 1. The molecule has 3 nitrogen and oxygen atoms in total. The quantitative estimate of drug-likeness (QED) is 0.692. The Kier molecular flexibility index (Phi) is 2.59. The van der Waals surface area contributed by atoms with Gasteiger partial charge in [0, 0.05) is 12.2 Å². The highest BCUT2D eigenvalue weighted by atomic mass is 16.7. The van der Waals surface area contributed by atoms with Gasteiger partial charge in [-0.05, 0) is 37.5 Å². The number of hydroxylamine groups is 1. The normalized spacial score (nSPS) is 17.1. The van der Waals surface area contributed by atoms with Crippen molar-refractivity contribution in [3.8, 4) is 0 Å². The lowest BCUT2D eigenvalue weighted by atomic mass is 10.2. The molecule has 1 aromatic rings. The molecule has 1 aromatic carbocycles. The fraction of sp³-hybridized carbons (Fsp3) is 0.455. The van der Waals surface area contributed by atoms with Gasteiger partial charge in [0.05, 0.1) is 12.3 Å². The van der Waals surface area contributed by atoms with Crippen molar-refractivity contribution >= 4 is 11.4 Å². The summed E-state index contributed by atoms with van der Waals surface area (Å²) in [4.78, 5) is 5.54. The van der Waals surface area contributed by atoms with Crippen molar-refractivity contribution in [3.63, 3.8) is 0 Å². The lowest BCUT2D eigenvalue weighted by Gasteiger charge is -2.28. The molecular weight excluding hydrogens is 176 g/mol. The number of rotatable bonds is 1. The number of benzene rings is 1. The molecule has 0 bridgehead atoms. The van der Waals surface area contributed by atoms with Crippen molar-refractivity contribution in [2.75, 3.05) is 23.9 Å². The van der Waals surface area contributed by atoms with E-state index in [1.807, 2.05) is 24.1 Å². The van der Waals surface area contributed by atoms with E-state index in [0.717, 1.165) is 36.5 Å². The Morgan fingerprint density at radius 1 is 1.36 bits per heavy atom. The van der Waals surface area contributed by atoms with Gasteiger partial charge in [0.1, 0.15) is 0 Å². The van der Waals surface area contributed by atoms with E-state index in [0.29, 0.717) is 0 Å². The fourth-order valence-corrected chi connectivity index (χ4v) is 1.58. The molecule has 1 saturated heterocycles. The van der Waals surface area contributed by atoms with E-state index >= 15 is 0 Å². The van der Waals surface area contributed by atoms with Crippen LogP contribution in [0, 0.1) is 6.92 Å². The largest absolute Gasteiger partial charge is 0.398 e. The van der Waals surface area contributed by atoms with Crippen molar-refractivity contribution in [1.29, 1.82) is 0 Å². The second-order valence-electron chi connectivity index (χ2n) is 3.68. The lowest BCUT2D eigenvalue weighted by Crippen LogP contribution is -2.29. The minimum atomic E-state index is 0.813. The van der Waals surface area contributed by atoms with Gasteiger partial charge >= 0.3 is 0 Å². The SMILES string of the molecule is Cc1ccc(N2CCCCO2)cc1N. The van der Waals surface area contributed by atoms with Crippen LogP contribution in [0.25, 0.3) is 0 Å². The van der Waals surface area contributed by atoms with Crippen LogP contribution in [0.15, 0.2) is 18.2 Å². The third-order valence-electron chi connectivity index (χ3n) is 2.55. The molecule has 1 aliphatic rings. The number of nitrogens with zero attached hydrogens (tertiary/aromatic N) is 1. The average Bonchev–Trinajstić information content (AvgIpc) is 2.23. The monoisotopic (exact) mass is 192 g/mol. The van der Waals surface area contributed by atoms with Gasteiger partial charge in [-0.25, -0.2) is 0 Å². The molecule has 0 spiro atoms. The topological polar surface area (TPSA) is 38.5 Å². The van der Waals surface area contributed by atoms with Gasteiger partial charge in [-0.2, -0.15) is 0 Å². The molecule has 0 amide bonds. The number of anilines is 2. The van der Waals surface area contributed by atoms with Crippen LogP contribution in [0.5, 0.6) is 0 Å². The first-order chi connectivity index (χ1) is 6.77. The van der Waals surface area contributed by atoms with Crippen molar-refractivity contribution in [2.24, 2.45) is 0 Å². The fourth-order valence-electron chi connectivity index (χ4n) is 1.58. The molecule has 3 heteroatoms. The van der Waals surface area contributed by atoms with Crippen molar-refractivity contribution in [2.45, 2.75) is 19.8 Å². The second-order valence-corrected chi connectivity index (χ2v) is 3.68. The van der Waals surface area contributed by atoms with Gasteiger partial charge in [0.25, 0.3) is 0 Å². The van der Waals surface area contributed by atoms with Crippen LogP contribution in [0.4, 0.5) is 11.4 Å². The van der Waals surface area contributed by atoms with Gasteiger partial charge in [-0.1, -0.05) is 6.07 Å². The minimum Gasteiger partial charge on any atom is -0.398 e. The molecule has 0 saturated carbocycles. The van der Waals surface area contributed by atoms with Gasteiger partial charge in [-0.3, -0.25) is 9.90 Å². The smallest absolute Gasteiger partial charge is 0.0749 e. The highest BCUT2D eigenvalue weighted by molar-refractivity contribution is 5.58. The van der Waals surface area contributed by atoms with E-state index in [4.69, 9.17) is 10.6 Å². The molecule has 0 atom stereocenters. The van der Waals surface area contributed by atoms with Crippen LogP contribution in [-0.2, 0) is 4.84 Å². The summed E-state index contributed by atoms with van der Waals surface area (Å²) in [6.07, 6.45) is 2.34. The van der Waals surface area contributed by atoms with Crippen LogP contribution >= 0.6 is 0 Å². The van der Waals surface area contributed by atoms with Crippen LogP contribution < -0.4 is 10.8 Å². The predicted molar refractivity (Wildman–Crippen MR) is 58.1 cm³/mol. The predicted octanol–water partition coefficient (Wildman–Crippen LogP) is 2.11. The Balaban J connectivity index is 2.18. The number of aryl methyl sites for hydroxylation is 1. The minimum absolute atomic E-state index is 0.813. The molecular formula is C11H16N2O. The molecule has 0 aromatic heterocycles. The summed E-state index contributed by atoms with van der Waals surface area (Å²) in [5, 5.41) is 1.93. The lowest BCUT2D eigenvalue weighted by molar-refractivity contribution is 0.0778. The Hall–Kier alpha value is -1.22. The van der Waals surface area contributed by atoms with Crippen LogP contribution in [0.3, 0.4) is 0 Å². The summed E-state index contributed by atoms with van der Waals surface area (Å²) in [6.45, 7) is 3.78. The zero-order valence-corrected chi connectivity index (χ0v) is 8.49. The maximum absolute atomic E-state index is 5.85. The highest BCUT2D eigenvalue weighted by Gasteiger charge is 2.11. The summed E-state index contributed by atoms with van der Waals surface area (Å²) in [5.41, 5.74) is 8.85. The molecule has 0 unspecified atom stereocenters. The van der Waals surface area contributed by atoms with Crippen LogP contribution in [-0.4, -0.2) is 13.2 Å². The molecule has 0 radical (unpaired) electrons. The maximum atomic E-state index is 5.85. The Labute approximate surface area is 84.4 Å². The first kappa shape index (κ1) is 9.34. The van der Waals surface area contributed by atoms with E-state index in [1.165, 1.54) is 6.42 Å². The number of nitrogen functional groups attached to an aromatic ring is 1. The van der Waals surface area contributed by atoms with Crippen molar-refractivity contribution in [1.82, 2.24) is 0 Å². The zero-order valence-electron chi connectivity index (χ0n) is 8.49. The molecule has 14 heavy (non-hydrogen) atoms. The maximum Gasteiger partial charge on any atom is 0.0749 e. The molecule has 76 valence electrons. The number of hydrogen-bond donors (Lipinski definition) is 1. The summed E-state index contributed by atoms with van der Waals surface area (Å²) in [5.74, 6) is 0. The molecule has 1 fully saturated rings. The van der Waals surface area contributed by atoms with E-state index in [2.05, 4.69) is 6.07 Å². The second kappa shape index (κ2) is 3.88. The summed E-state index contributed by atoms with van der Waals surface area (Å²) < 4.78 is 0. The summed E-state index contributed by atoms with van der Waals surface area (Å²) in [6, 6.07) is 6.06. The molecule has 2 N–H and O–H groups in total. The summed E-state index contributed by atoms with van der Waals surface area (Å²) in [7, 11) is 0. The van der Waals surface area contributed by atoms with Crippen LogP contribution in [0.2, 0.25) is 0 Å². The van der Waals surface area contributed by atoms with Gasteiger partial charge in [-0.15, -0.1) is 0 Å². The molecule has 2 rings (SSSR count). The highest BCUT2D eigenvalue weighted by Crippen LogP contribution is 2.23. The van der Waals surface area contributed by atoms with E-state index in [1.54, 1.807) is 0 Å². The Morgan fingerprint density at radius 2 is 2.21 bits per heavy atom. The third-order valence-corrected chi connectivity index (χ3v) is 2.55. The Bertz CT molecular complexity index is 319. The van der Waals surface area contributed by atoms with Crippen LogP contribution in [0.1, 0.15) is 18.4 Å². The van der Waals surface area contributed by atoms with Gasteiger partial charge in [0.15, 0.2) is 0 Å². The van der Waals surface area contributed by atoms with E-state index in [-0.39, 0.29) is 0 Å². The zero-order chi connectivity index (χ0) is 9.97. The molecule has 0 aliphatic carbocycles. The first-order valence-corrected chi connectivity index (χ1v) is 5.04. The average molecular weight is 192 g/mol. The van der Waals surface area contributed by atoms with E-state index in [9.17, 15) is 0 Å². The first-order valence-electron chi connectivity index (χ1n) is 5.04. The summed E-state index contributed by atoms with van der Waals surface area (Å²) >= 11 is 0. The standard InChI is InChI=1S/C11H16N2O/c1-9-4-5-10(8-11(9)12)13-6-2-3-7-14-13/h4-5,8H,2-3,6-7,12H2,1H3. The molecule has 1 aliphatic heterocycles. The van der Waals surface area contributed by atoms with Crippen molar-refractivity contribution < 1.29 is 4.84 Å². The van der Waals surface area contributed by atoms with Gasteiger partial charge in [0.2, 0.25) is 0 Å². The van der Waals surface area contributed by atoms with E-state index < -0.39 is 0 Å². The Morgan fingerprint density at radius 3 is 2.86 bits per heavy atom. The third kappa shape index (κ3) is 1.82. The van der Waals surface area contributed by atoms with Crippen molar-refractivity contribution in [3.05, 3.63) is 23.8 Å².